The third-order valence-electron chi connectivity index (χ3n) is 2.78. The van der Waals surface area contributed by atoms with Crippen molar-refractivity contribution < 1.29 is 0 Å². The molecule has 0 amide bonds. The van der Waals surface area contributed by atoms with Crippen molar-refractivity contribution in [2.45, 2.75) is 38.8 Å². The molecule has 1 heterocycles. The van der Waals surface area contributed by atoms with Crippen molar-refractivity contribution in [2.75, 3.05) is 18.5 Å². The van der Waals surface area contributed by atoms with E-state index in [1.54, 1.807) is 0 Å². The zero-order valence-electron chi connectivity index (χ0n) is 10.1. The first kappa shape index (κ1) is 11.3. The van der Waals surface area contributed by atoms with Crippen LogP contribution in [-0.2, 0) is 6.54 Å². The zero-order chi connectivity index (χ0) is 11.4. The molecule has 1 fully saturated rings. The summed E-state index contributed by atoms with van der Waals surface area (Å²) < 4.78 is 0. The number of hydrogen-bond acceptors (Lipinski definition) is 4. The van der Waals surface area contributed by atoms with Crippen LogP contribution in [0.25, 0.3) is 0 Å². The van der Waals surface area contributed by atoms with E-state index in [0.29, 0.717) is 6.04 Å². The van der Waals surface area contributed by atoms with E-state index in [1.807, 2.05) is 19.4 Å². The Labute approximate surface area is 97.1 Å². The molecule has 0 bridgehead atoms. The molecule has 0 radical (unpaired) electrons. The predicted octanol–water partition coefficient (Wildman–Crippen LogP) is 1.57. The lowest BCUT2D eigenvalue weighted by molar-refractivity contribution is 0.730. The molecule has 1 aliphatic carbocycles. The molecule has 0 atom stereocenters. The molecule has 88 valence electrons. The van der Waals surface area contributed by atoms with Gasteiger partial charge in [0.1, 0.15) is 5.82 Å². The zero-order valence-corrected chi connectivity index (χ0v) is 10.1. The van der Waals surface area contributed by atoms with Gasteiger partial charge in [0.05, 0.1) is 11.9 Å². The van der Waals surface area contributed by atoms with Crippen LogP contribution in [0.4, 0.5) is 5.82 Å². The van der Waals surface area contributed by atoms with Crippen molar-refractivity contribution in [3.05, 3.63) is 18.1 Å². The second kappa shape index (κ2) is 5.25. The van der Waals surface area contributed by atoms with E-state index in [4.69, 9.17) is 0 Å². The number of nitrogens with one attached hydrogen (secondary N) is 1. The molecule has 1 N–H and O–H groups in total. The van der Waals surface area contributed by atoms with E-state index in [1.165, 1.54) is 12.8 Å². The molecule has 4 nitrogen and oxygen atoms in total. The highest BCUT2D eigenvalue weighted by atomic mass is 15.2. The Morgan fingerprint density at radius 1 is 1.44 bits per heavy atom. The van der Waals surface area contributed by atoms with Crippen molar-refractivity contribution in [1.29, 1.82) is 0 Å². The average Bonchev–Trinajstić information content (AvgIpc) is 3.11. The molecule has 1 aromatic heterocycles. The van der Waals surface area contributed by atoms with Crippen molar-refractivity contribution in [3.63, 3.8) is 0 Å². The third-order valence-corrected chi connectivity index (χ3v) is 2.78. The Kier molecular flexibility index (Phi) is 3.72. The summed E-state index contributed by atoms with van der Waals surface area (Å²) in [6.45, 7) is 4.08. The number of anilines is 1. The fourth-order valence-corrected chi connectivity index (χ4v) is 1.91. The molecule has 0 unspecified atom stereocenters. The van der Waals surface area contributed by atoms with E-state index in [2.05, 4.69) is 27.1 Å². The molecule has 0 spiro atoms. The van der Waals surface area contributed by atoms with Crippen LogP contribution in [-0.4, -0.2) is 29.6 Å². The first-order valence-electron chi connectivity index (χ1n) is 6.07. The van der Waals surface area contributed by atoms with Gasteiger partial charge in [-0.25, -0.2) is 4.98 Å². The second-order valence-corrected chi connectivity index (χ2v) is 4.32. The van der Waals surface area contributed by atoms with E-state index in [0.717, 1.165) is 31.0 Å². The minimum atomic E-state index is 0.707. The molecule has 0 saturated heterocycles. The van der Waals surface area contributed by atoms with Crippen molar-refractivity contribution in [3.8, 4) is 0 Å². The van der Waals surface area contributed by atoms with Crippen LogP contribution >= 0.6 is 0 Å². The van der Waals surface area contributed by atoms with Crippen molar-refractivity contribution in [2.24, 2.45) is 0 Å². The van der Waals surface area contributed by atoms with Crippen molar-refractivity contribution in [1.82, 2.24) is 15.3 Å². The summed E-state index contributed by atoms with van der Waals surface area (Å²) in [5.41, 5.74) is 1.02. The Hall–Kier alpha value is -1.16. The molecule has 1 aliphatic rings. The van der Waals surface area contributed by atoms with Gasteiger partial charge in [0.25, 0.3) is 0 Å². The highest BCUT2D eigenvalue weighted by Gasteiger charge is 2.29. The van der Waals surface area contributed by atoms with Gasteiger partial charge in [-0.15, -0.1) is 0 Å². The summed E-state index contributed by atoms with van der Waals surface area (Å²) in [5.74, 6) is 1.04. The van der Waals surface area contributed by atoms with E-state index in [-0.39, 0.29) is 0 Å². The Morgan fingerprint density at radius 2 is 2.25 bits per heavy atom. The molecular weight excluding hydrogens is 200 g/mol. The minimum Gasteiger partial charge on any atom is -0.352 e. The highest BCUT2D eigenvalue weighted by Crippen LogP contribution is 2.30. The van der Waals surface area contributed by atoms with E-state index in [9.17, 15) is 0 Å². The van der Waals surface area contributed by atoms with Gasteiger partial charge in [-0.1, -0.05) is 6.92 Å². The first-order valence-corrected chi connectivity index (χ1v) is 6.07. The number of rotatable bonds is 6. The van der Waals surface area contributed by atoms with Crippen LogP contribution in [0.2, 0.25) is 0 Å². The topological polar surface area (TPSA) is 41.1 Å². The lowest BCUT2D eigenvalue weighted by Gasteiger charge is -2.22. The summed E-state index contributed by atoms with van der Waals surface area (Å²) in [5, 5.41) is 3.11. The molecule has 0 aliphatic heterocycles. The maximum atomic E-state index is 4.64. The number of aromatic nitrogens is 2. The van der Waals surface area contributed by atoms with Crippen LogP contribution < -0.4 is 10.2 Å². The lowest BCUT2D eigenvalue weighted by atomic mass is 10.3. The Morgan fingerprint density at radius 3 is 2.88 bits per heavy atom. The molecule has 4 heteroatoms. The van der Waals surface area contributed by atoms with Gasteiger partial charge >= 0.3 is 0 Å². The maximum absolute atomic E-state index is 4.64. The van der Waals surface area contributed by atoms with Gasteiger partial charge in [-0.05, 0) is 26.3 Å². The molecule has 0 aromatic carbocycles. The fourth-order valence-electron chi connectivity index (χ4n) is 1.91. The smallest absolute Gasteiger partial charge is 0.147 e. The Bertz CT molecular complexity index is 336. The molecule has 16 heavy (non-hydrogen) atoms. The van der Waals surface area contributed by atoms with Crippen LogP contribution in [0.1, 0.15) is 31.9 Å². The molecule has 2 rings (SSSR count). The Balaban J connectivity index is 2.12. The number of hydrogen-bond donors (Lipinski definition) is 1. The standard InChI is InChI=1S/C12H20N4/c1-3-6-16(11-4-5-11)12-9-14-8-10(15-12)7-13-2/h8-9,11,13H,3-7H2,1-2H3. The van der Waals surface area contributed by atoms with Gasteiger partial charge in [-0.2, -0.15) is 0 Å². The highest BCUT2D eigenvalue weighted by molar-refractivity contribution is 5.39. The van der Waals surface area contributed by atoms with Crippen LogP contribution in [0, 0.1) is 0 Å². The average molecular weight is 220 g/mol. The normalized spacial score (nSPS) is 15.1. The summed E-state index contributed by atoms with van der Waals surface area (Å²) in [6, 6.07) is 0.707. The monoisotopic (exact) mass is 220 g/mol. The van der Waals surface area contributed by atoms with Gasteiger partial charge < -0.3 is 10.2 Å². The largest absolute Gasteiger partial charge is 0.352 e. The summed E-state index contributed by atoms with van der Waals surface area (Å²) in [4.78, 5) is 11.3. The van der Waals surface area contributed by atoms with Crippen LogP contribution in [0.5, 0.6) is 0 Å². The minimum absolute atomic E-state index is 0.707. The van der Waals surface area contributed by atoms with E-state index >= 15 is 0 Å². The maximum Gasteiger partial charge on any atom is 0.147 e. The lowest BCUT2D eigenvalue weighted by Crippen LogP contribution is -2.28. The van der Waals surface area contributed by atoms with Crippen LogP contribution in [0.15, 0.2) is 12.4 Å². The summed E-state index contributed by atoms with van der Waals surface area (Å²) in [7, 11) is 1.93. The van der Waals surface area contributed by atoms with Crippen molar-refractivity contribution >= 4 is 5.82 Å². The first-order chi connectivity index (χ1) is 7.85. The van der Waals surface area contributed by atoms with Gasteiger partial charge in [-0.3, -0.25) is 4.98 Å². The fraction of sp³-hybridized carbons (Fsp3) is 0.667. The van der Waals surface area contributed by atoms with Crippen LogP contribution in [0.3, 0.4) is 0 Å². The van der Waals surface area contributed by atoms with Gasteiger partial charge in [0.15, 0.2) is 0 Å². The summed E-state index contributed by atoms with van der Waals surface area (Å²) >= 11 is 0. The molecular formula is C12H20N4. The second-order valence-electron chi connectivity index (χ2n) is 4.32. The quantitative estimate of drug-likeness (QED) is 0.790. The number of nitrogens with zero attached hydrogens (tertiary/aromatic N) is 3. The third kappa shape index (κ3) is 2.70. The van der Waals surface area contributed by atoms with Gasteiger partial charge in [0.2, 0.25) is 0 Å². The predicted molar refractivity (Wildman–Crippen MR) is 65.5 cm³/mol. The van der Waals surface area contributed by atoms with Gasteiger partial charge in [0, 0.05) is 25.3 Å². The molecule has 1 aromatic rings. The summed E-state index contributed by atoms with van der Waals surface area (Å²) in [6.07, 6.45) is 7.48. The van der Waals surface area contributed by atoms with E-state index < -0.39 is 0 Å². The molecule has 1 saturated carbocycles. The SMILES string of the molecule is CCCN(c1cncc(CNC)n1)C1CC1.